The monoisotopic (exact) mass is 475 g/mol. The van der Waals surface area contributed by atoms with Gasteiger partial charge in [0.15, 0.2) is 6.61 Å². The third-order valence-corrected chi connectivity index (χ3v) is 6.89. The number of benzene rings is 2. The van der Waals surface area contributed by atoms with Crippen molar-refractivity contribution in [3.05, 3.63) is 54.1 Å². The van der Waals surface area contributed by atoms with E-state index in [1.165, 1.54) is 30.0 Å². The van der Waals surface area contributed by atoms with E-state index in [1.54, 1.807) is 24.3 Å². The summed E-state index contributed by atoms with van der Waals surface area (Å²) in [5.41, 5.74) is 0.662. The highest BCUT2D eigenvalue weighted by molar-refractivity contribution is 7.98. The fraction of sp³-hybridized carbons (Fsp3) is 0.318. The molecule has 0 bridgehead atoms. The molecule has 0 radical (unpaired) electrons. The van der Waals surface area contributed by atoms with Crippen molar-refractivity contribution >= 4 is 45.2 Å². The standard InChI is InChI=1S/C22H25N3O5S2/c1-31-19-11-5-4-10-18(19)22(27)30-15-21(26)24-16-8-7-9-17(14-16)32(28,29)25-20-12-3-2-6-13-23-20/h4-5,7-11,14H,2-3,6,12-13,15H2,1H3,(H,23,25)(H,24,26). The largest absolute Gasteiger partial charge is 0.452 e. The van der Waals surface area contributed by atoms with Gasteiger partial charge in [-0.3, -0.25) is 14.5 Å². The quantitative estimate of drug-likeness (QED) is 0.468. The van der Waals surface area contributed by atoms with Crippen LogP contribution in [0.15, 0.2) is 63.3 Å². The molecule has 0 aliphatic carbocycles. The molecule has 8 nitrogen and oxygen atoms in total. The second-order valence-electron chi connectivity index (χ2n) is 7.10. The van der Waals surface area contributed by atoms with Gasteiger partial charge in [0.2, 0.25) is 0 Å². The van der Waals surface area contributed by atoms with Gasteiger partial charge >= 0.3 is 5.97 Å². The number of amides is 1. The highest BCUT2D eigenvalue weighted by Gasteiger charge is 2.18. The number of carbonyl (C=O) groups excluding carboxylic acids is 2. The van der Waals surface area contributed by atoms with Gasteiger partial charge in [0.05, 0.1) is 10.5 Å². The average Bonchev–Trinajstić information content (AvgIpc) is 3.05. The summed E-state index contributed by atoms with van der Waals surface area (Å²) in [6.45, 7) is 0.113. The minimum atomic E-state index is -3.82. The number of carbonyl (C=O) groups is 2. The van der Waals surface area contributed by atoms with Crippen LogP contribution in [-0.4, -0.2) is 45.5 Å². The van der Waals surface area contributed by atoms with Gasteiger partial charge in [0.1, 0.15) is 5.84 Å². The van der Waals surface area contributed by atoms with Gasteiger partial charge in [-0.1, -0.05) is 24.6 Å². The number of thioether (sulfide) groups is 1. The number of esters is 1. The van der Waals surface area contributed by atoms with Gasteiger partial charge in [-0.25, -0.2) is 13.2 Å². The van der Waals surface area contributed by atoms with Crippen LogP contribution in [0.4, 0.5) is 5.69 Å². The lowest BCUT2D eigenvalue weighted by Gasteiger charge is -2.12. The number of sulfonamides is 1. The normalized spacial score (nSPS) is 14.1. The molecule has 2 aromatic carbocycles. The minimum absolute atomic E-state index is 0.00754. The zero-order valence-corrected chi connectivity index (χ0v) is 19.3. The first kappa shape index (κ1) is 23.8. The second-order valence-corrected chi connectivity index (χ2v) is 9.63. The van der Waals surface area contributed by atoms with Crippen molar-refractivity contribution in [2.75, 3.05) is 24.7 Å². The molecular formula is C22H25N3O5S2. The van der Waals surface area contributed by atoms with Crippen molar-refractivity contribution < 1.29 is 22.7 Å². The zero-order valence-electron chi connectivity index (χ0n) is 17.7. The van der Waals surface area contributed by atoms with Crippen LogP contribution >= 0.6 is 11.8 Å². The molecule has 0 saturated carbocycles. The van der Waals surface area contributed by atoms with Gasteiger partial charge in [-0.05, 0) is 49.4 Å². The maximum absolute atomic E-state index is 12.7. The predicted molar refractivity (Wildman–Crippen MR) is 125 cm³/mol. The fourth-order valence-corrected chi connectivity index (χ4v) is 4.85. The first-order valence-corrected chi connectivity index (χ1v) is 12.9. The van der Waals surface area contributed by atoms with E-state index in [2.05, 4.69) is 15.0 Å². The summed E-state index contributed by atoms with van der Waals surface area (Å²) in [4.78, 5) is 29.6. The molecule has 0 fully saturated rings. The maximum Gasteiger partial charge on any atom is 0.339 e. The third-order valence-electron chi connectivity index (χ3n) is 4.72. The van der Waals surface area contributed by atoms with E-state index in [9.17, 15) is 18.0 Å². The van der Waals surface area contributed by atoms with Crippen LogP contribution in [0.2, 0.25) is 0 Å². The molecule has 32 heavy (non-hydrogen) atoms. The fourth-order valence-electron chi connectivity index (χ4n) is 3.13. The molecule has 1 aliphatic rings. The summed E-state index contributed by atoms with van der Waals surface area (Å²) in [6, 6.07) is 12.8. The smallest absolute Gasteiger partial charge is 0.339 e. The second kappa shape index (κ2) is 11.1. The summed E-state index contributed by atoms with van der Waals surface area (Å²) in [5, 5.41) is 2.56. The third kappa shape index (κ3) is 6.57. The summed E-state index contributed by atoms with van der Waals surface area (Å²) < 4.78 is 33.1. The van der Waals surface area contributed by atoms with Crippen LogP contribution in [0.25, 0.3) is 0 Å². The van der Waals surface area contributed by atoms with Crippen molar-refractivity contribution in [3.8, 4) is 0 Å². The molecule has 0 atom stereocenters. The molecule has 1 aliphatic heterocycles. The Kier molecular flexibility index (Phi) is 8.29. The van der Waals surface area contributed by atoms with Crippen LogP contribution in [-0.2, 0) is 19.6 Å². The topological polar surface area (TPSA) is 114 Å². The number of nitrogens with one attached hydrogen (secondary N) is 2. The van der Waals surface area contributed by atoms with E-state index in [0.29, 0.717) is 24.4 Å². The minimum Gasteiger partial charge on any atom is -0.452 e. The number of ether oxygens (including phenoxy) is 1. The van der Waals surface area contributed by atoms with Crippen molar-refractivity contribution in [2.24, 2.45) is 4.99 Å². The molecule has 3 rings (SSSR count). The van der Waals surface area contributed by atoms with Gasteiger partial charge in [0, 0.05) is 23.5 Å². The number of amidine groups is 1. The summed E-state index contributed by atoms with van der Waals surface area (Å²) in [7, 11) is -3.82. The van der Waals surface area contributed by atoms with Crippen LogP contribution in [0.1, 0.15) is 36.0 Å². The SMILES string of the molecule is CSc1ccccc1C(=O)OCC(=O)Nc1cccc(S(=O)(=O)NC2=NCCCCC2)c1. The average molecular weight is 476 g/mol. The molecule has 0 unspecified atom stereocenters. The van der Waals surface area contributed by atoms with E-state index >= 15 is 0 Å². The maximum atomic E-state index is 12.7. The van der Waals surface area contributed by atoms with E-state index < -0.39 is 28.5 Å². The number of aliphatic imine (C=N–C) groups is 1. The van der Waals surface area contributed by atoms with Gasteiger partial charge < -0.3 is 10.1 Å². The Balaban J connectivity index is 1.60. The van der Waals surface area contributed by atoms with E-state index in [-0.39, 0.29) is 10.6 Å². The molecule has 0 aromatic heterocycles. The number of nitrogens with zero attached hydrogens (tertiary/aromatic N) is 1. The van der Waals surface area contributed by atoms with Crippen molar-refractivity contribution in [2.45, 2.75) is 35.5 Å². The lowest BCUT2D eigenvalue weighted by molar-refractivity contribution is -0.119. The van der Waals surface area contributed by atoms with E-state index in [0.717, 1.165) is 24.2 Å². The van der Waals surface area contributed by atoms with Gasteiger partial charge in [-0.2, -0.15) is 0 Å². The summed E-state index contributed by atoms with van der Waals surface area (Å²) in [5.74, 6) is -0.722. The number of hydrogen-bond donors (Lipinski definition) is 2. The van der Waals surface area contributed by atoms with Crippen LogP contribution < -0.4 is 10.0 Å². The predicted octanol–water partition coefficient (Wildman–Crippen LogP) is 3.45. The Bertz CT molecular complexity index is 1120. The molecule has 0 spiro atoms. The molecule has 1 amide bonds. The Morgan fingerprint density at radius 1 is 1.09 bits per heavy atom. The Labute approximate surface area is 191 Å². The Hall–Kier alpha value is -2.85. The molecule has 2 aromatic rings. The van der Waals surface area contributed by atoms with Crippen LogP contribution in [0.5, 0.6) is 0 Å². The molecular weight excluding hydrogens is 450 g/mol. The van der Waals surface area contributed by atoms with Crippen molar-refractivity contribution in [1.29, 1.82) is 0 Å². The highest BCUT2D eigenvalue weighted by Crippen LogP contribution is 2.21. The zero-order chi connectivity index (χ0) is 23.0. The van der Waals surface area contributed by atoms with Crippen molar-refractivity contribution in [1.82, 2.24) is 4.72 Å². The molecule has 1 heterocycles. The lowest BCUT2D eigenvalue weighted by atomic mass is 10.2. The number of rotatable bonds is 7. The molecule has 0 saturated heterocycles. The summed E-state index contributed by atoms with van der Waals surface area (Å²) >= 11 is 1.41. The lowest BCUT2D eigenvalue weighted by Crippen LogP contribution is -2.30. The Morgan fingerprint density at radius 2 is 1.91 bits per heavy atom. The first-order valence-electron chi connectivity index (χ1n) is 10.2. The molecule has 10 heteroatoms. The Morgan fingerprint density at radius 3 is 2.72 bits per heavy atom. The number of hydrogen-bond acceptors (Lipinski definition) is 7. The number of anilines is 1. The van der Waals surface area contributed by atoms with Crippen LogP contribution in [0, 0.1) is 0 Å². The van der Waals surface area contributed by atoms with E-state index in [1.807, 2.05) is 12.3 Å². The highest BCUT2D eigenvalue weighted by atomic mass is 32.2. The molecule has 2 N–H and O–H groups in total. The van der Waals surface area contributed by atoms with Gasteiger partial charge in [-0.15, -0.1) is 11.8 Å². The van der Waals surface area contributed by atoms with Crippen LogP contribution in [0.3, 0.4) is 0 Å². The first-order chi connectivity index (χ1) is 15.4. The van der Waals surface area contributed by atoms with Gasteiger partial charge in [0.25, 0.3) is 15.9 Å². The van der Waals surface area contributed by atoms with E-state index in [4.69, 9.17) is 4.74 Å². The van der Waals surface area contributed by atoms with Crippen molar-refractivity contribution in [3.63, 3.8) is 0 Å². The summed E-state index contributed by atoms with van der Waals surface area (Å²) in [6.07, 6.45) is 5.28. The molecule has 170 valence electrons.